The number of nitrogens with one attached hydrogen (secondary N) is 2. The summed E-state index contributed by atoms with van der Waals surface area (Å²) in [5, 5.41) is 5.27. The van der Waals surface area contributed by atoms with Crippen LogP contribution in [0, 0.1) is 0 Å². The second kappa shape index (κ2) is 23.3. The molecule has 0 saturated heterocycles. The number of amides is 3. The highest BCUT2D eigenvalue weighted by Crippen LogP contribution is 2.36. The van der Waals surface area contributed by atoms with Gasteiger partial charge in [-0.2, -0.15) is 0 Å². The lowest BCUT2D eigenvalue weighted by Gasteiger charge is -2.29. The second-order valence-corrected chi connectivity index (χ2v) is 17.3. The number of anilines is 1. The van der Waals surface area contributed by atoms with Gasteiger partial charge in [0.15, 0.2) is 0 Å². The van der Waals surface area contributed by atoms with Gasteiger partial charge in [0, 0.05) is 18.7 Å². The van der Waals surface area contributed by atoms with Gasteiger partial charge in [-0.3, -0.25) is 14.9 Å². The van der Waals surface area contributed by atoms with Crippen molar-refractivity contribution in [3.63, 3.8) is 0 Å². The number of hydrogen-bond donors (Lipinski definition) is 2. The van der Waals surface area contributed by atoms with E-state index >= 15 is 0 Å². The molecule has 1 unspecified atom stereocenters. The van der Waals surface area contributed by atoms with E-state index in [2.05, 4.69) is 15.6 Å². The van der Waals surface area contributed by atoms with E-state index in [1.54, 1.807) is 77.9 Å². The van der Waals surface area contributed by atoms with Gasteiger partial charge in [-0.1, -0.05) is 44.9 Å². The summed E-state index contributed by atoms with van der Waals surface area (Å²) in [5.41, 5.74) is 1.98. The zero-order valence-corrected chi connectivity index (χ0v) is 37.8. The fourth-order valence-corrected chi connectivity index (χ4v) is 6.54. The summed E-state index contributed by atoms with van der Waals surface area (Å²) in [4.78, 5) is 83.2. The number of esters is 3. The van der Waals surface area contributed by atoms with Gasteiger partial charge in [0.1, 0.15) is 23.5 Å². The van der Waals surface area contributed by atoms with E-state index in [0.717, 1.165) is 49.7 Å². The average molecular weight is 871 g/mol. The summed E-state index contributed by atoms with van der Waals surface area (Å²) in [5.74, 6) is -1.83. The van der Waals surface area contributed by atoms with Crippen LogP contribution < -0.4 is 15.4 Å². The van der Waals surface area contributed by atoms with Gasteiger partial charge in [-0.25, -0.2) is 19.2 Å². The first-order valence-electron chi connectivity index (χ1n) is 21.6. The standard InChI is InChI=1S/C48H62N4O11/c1-9-11-25-59-41(54)31-52(30-32-15-13-18-36(27-32)42(55)60-26-12-10-2)40(53)29-35-17-14-16-34-28-38(23-24-39(34)35)61-43(56)33-19-21-37(22-20-33)49-44(50-45(57)62-47(3,4)5)51-46(58)63-48(6,7)8/h13,15,18-24,27-28,35H,9-12,14,16-17,25-26,29-31H2,1-8H3,(H2,49,50,51,57,58). The number of rotatable bonds is 16. The molecule has 3 aromatic rings. The molecule has 63 heavy (non-hydrogen) atoms. The molecular formula is C48H62N4O11. The Labute approximate surface area is 370 Å². The summed E-state index contributed by atoms with van der Waals surface area (Å²) >= 11 is 0. The SMILES string of the molecule is CCCCOC(=O)CN(Cc1cccc(C(=O)OCCCC)c1)C(=O)CC1CCCc2cc(OC(=O)c3ccc(N/C(=N/C(=O)OC(C)(C)C)NC(=O)OC(C)(C)C)cc3)ccc21. The zero-order chi connectivity index (χ0) is 46.2. The third-order valence-electron chi connectivity index (χ3n) is 9.48. The van der Waals surface area contributed by atoms with Crippen molar-refractivity contribution >= 4 is 47.6 Å². The van der Waals surface area contributed by atoms with Crippen LogP contribution in [-0.4, -0.2) is 77.8 Å². The molecule has 3 aromatic carbocycles. The second-order valence-electron chi connectivity index (χ2n) is 17.3. The minimum atomic E-state index is -0.938. The van der Waals surface area contributed by atoms with Gasteiger partial charge < -0.3 is 33.9 Å². The van der Waals surface area contributed by atoms with Crippen LogP contribution in [0.4, 0.5) is 15.3 Å². The molecule has 1 aliphatic rings. The van der Waals surface area contributed by atoms with Crippen molar-refractivity contribution in [2.75, 3.05) is 25.1 Å². The first-order chi connectivity index (χ1) is 29.8. The summed E-state index contributed by atoms with van der Waals surface area (Å²) in [6.07, 6.45) is 3.88. The van der Waals surface area contributed by atoms with Gasteiger partial charge in [0.05, 0.1) is 24.3 Å². The summed E-state index contributed by atoms with van der Waals surface area (Å²) in [6, 6.07) is 18.4. The van der Waals surface area contributed by atoms with E-state index in [4.69, 9.17) is 23.7 Å². The number of hydrogen-bond acceptors (Lipinski definition) is 11. The Morgan fingerprint density at radius 1 is 0.778 bits per heavy atom. The van der Waals surface area contributed by atoms with Crippen molar-refractivity contribution in [1.29, 1.82) is 0 Å². The number of ether oxygens (including phenoxy) is 5. The number of unbranched alkanes of at least 4 members (excludes halogenated alkanes) is 2. The first-order valence-corrected chi connectivity index (χ1v) is 21.6. The quantitative estimate of drug-likeness (QED) is 0.0347. The lowest BCUT2D eigenvalue weighted by Crippen LogP contribution is -2.40. The fourth-order valence-electron chi connectivity index (χ4n) is 6.54. The number of guanidine groups is 1. The van der Waals surface area contributed by atoms with Crippen LogP contribution in [0.3, 0.4) is 0 Å². The van der Waals surface area contributed by atoms with Gasteiger partial charge in [-0.15, -0.1) is 4.99 Å². The van der Waals surface area contributed by atoms with Crippen LogP contribution in [0.1, 0.15) is 144 Å². The molecule has 340 valence electrons. The normalized spacial score (nSPS) is 13.8. The molecule has 15 heteroatoms. The third-order valence-corrected chi connectivity index (χ3v) is 9.48. The number of fused-ring (bicyclic) bond motifs is 1. The third kappa shape index (κ3) is 17.2. The number of carbonyl (C=O) groups is 6. The topological polar surface area (TPSA) is 188 Å². The molecule has 3 amide bonds. The first kappa shape index (κ1) is 49.4. The molecule has 0 spiro atoms. The van der Waals surface area contributed by atoms with E-state index in [0.29, 0.717) is 35.6 Å². The van der Waals surface area contributed by atoms with Crippen LogP contribution >= 0.6 is 0 Å². The molecule has 0 saturated carbocycles. The van der Waals surface area contributed by atoms with Crippen LogP contribution in [-0.2, 0) is 41.5 Å². The highest BCUT2D eigenvalue weighted by Gasteiger charge is 2.28. The largest absolute Gasteiger partial charge is 0.464 e. The average Bonchev–Trinajstić information content (AvgIpc) is 3.19. The molecule has 0 radical (unpaired) electrons. The predicted octanol–water partition coefficient (Wildman–Crippen LogP) is 9.27. The number of benzene rings is 3. The predicted molar refractivity (Wildman–Crippen MR) is 238 cm³/mol. The minimum absolute atomic E-state index is 0.104. The highest BCUT2D eigenvalue weighted by atomic mass is 16.6. The van der Waals surface area contributed by atoms with Gasteiger partial charge in [0.2, 0.25) is 11.9 Å². The fraction of sp³-hybridized carbons (Fsp3) is 0.479. The van der Waals surface area contributed by atoms with Crippen molar-refractivity contribution in [2.45, 2.75) is 130 Å². The maximum Gasteiger partial charge on any atom is 0.437 e. The Hall–Kier alpha value is -6.25. The lowest BCUT2D eigenvalue weighted by molar-refractivity contribution is -0.150. The van der Waals surface area contributed by atoms with Crippen molar-refractivity contribution in [1.82, 2.24) is 10.2 Å². The smallest absolute Gasteiger partial charge is 0.437 e. The van der Waals surface area contributed by atoms with Crippen LogP contribution in [0.15, 0.2) is 71.7 Å². The zero-order valence-electron chi connectivity index (χ0n) is 37.8. The van der Waals surface area contributed by atoms with E-state index in [-0.39, 0.29) is 49.5 Å². The molecule has 4 rings (SSSR count). The van der Waals surface area contributed by atoms with Crippen molar-refractivity contribution < 1.29 is 52.5 Å². The molecule has 0 bridgehead atoms. The van der Waals surface area contributed by atoms with Gasteiger partial charge in [-0.05, 0) is 145 Å². The summed E-state index contributed by atoms with van der Waals surface area (Å²) in [7, 11) is 0. The molecule has 0 fully saturated rings. The van der Waals surface area contributed by atoms with Crippen LogP contribution in [0.2, 0.25) is 0 Å². The monoisotopic (exact) mass is 870 g/mol. The van der Waals surface area contributed by atoms with Crippen LogP contribution in [0.5, 0.6) is 5.75 Å². The van der Waals surface area contributed by atoms with Gasteiger partial charge in [0.25, 0.3) is 0 Å². The molecule has 1 atom stereocenters. The number of nitrogens with zero attached hydrogens (tertiary/aromatic N) is 2. The van der Waals surface area contributed by atoms with Gasteiger partial charge >= 0.3 is 30.1 Å². The molecule has 0 aliphatic heterocycles. The lowest BCUT2D eigenvalue weighted by atomic mass is 9.80. The number of carbonyl (C=O) groups excluding carboxylic acids is 6. The Bertz CT molecular complexity index is 2100. The van der Waals surface area contributed by atoms with E-state index in [1.807, 2.05) is 32.0 Å². The number of alkyl carbamates (subject to hydrolysis) is 1. The Balaban J connectivity index is 1.44. The van der Waals surface area contributed by atoms with E-state index in [9.17, 15) is 28.8 Å². The molecule has 15 nitrogen and oxygen atoms in total. The van der Waals surface area contributed by atoms with E-state index < -0.39 is 41.3 Å². The van der Waals surface area contributed by atoms with Crippen molar-refractivity contribution in [2.24, 2.45) is 4.99 Å². The molecular weight excluding hydrogens is 809 g/mol. The maximum atomic E-state index is 14.0. The summed E-state index contributed by atoms with van der Waals surface area (Å²) in [6.45, 7) is 14.6. The summed E-state index contributed by atoms with van der Waals surface area (Å²) < 4.78 is 27.1. The van der Waals surface area contributed by atoms with Crippen molar-refractivity contribution in [3.8, 4) is 5.75 Å². The van der Waals surface area contributed by atoms with Crippen LogP contribution in [0.25, 0.3) is 0 Å². The Kier molecular flexibility index (Phi) is 18.2. The maximum absolute atomic E-state index is 14.0. The molecule has 2 N–H and O–H groups in total. The Morgan fingerprint density at radius 3 is 2.13 bits per heavy atom. The molecule has 0 aromatic heterocycles. The molecule has 1 aliphatic carbocycles. The number of aryl methyl sites for hydroxylation is 1. The highest BCUT2D eigenvalue weighted by molar-refractivity contribution is 6.06. The number of aliphatic imine (C=N–C) groups is 1. The Morgan fingerprint density at radius 2 is 1.46 bits per heavy atom. The van der Waals surface area contributed by atoms with Crippen molar-refractivity contribution in [3.05, 3.63) is 94.5 Å². The molecule has 0 heterocycles. The minimum Gasteiger partial charge on any atom is -0.464 e. The van der Waals surface area contributed by atoms with E-state index in [1.165, 1.54) is 17.0 Å².